The lowest BCUT2D eigenvalue weighted by atomic mass is 10.1. The van der Waals surface area contributed by atoms with Crippen molar-refractivity contribution in [3.05, 3.63) is 65.4 Å². The highest BCUT2D eigenvalue weighted by molar-refractivity contribution is 7.89. The van der Waals surface area contributed by atoms with Crippen molar-refractivity contribution in [2.75, 3.05) is 10.6 Å². The number of hydrogen-bond acceptors (Lipinski definition) is 5. The Morgan fingerprint density at radius 3 is 2.38 bits per heavy atom. The van der Waals surface area contributed by atoms with E-state index in [0.29, 0.717) is 5.69 Å². The topological polar surface area (TPSA) is 125 Å². The van der Waals surface area contributed by atoms with Gasteiger partial charge in [-0.1, -0.05) is 12.1 Å². The van der Waals surface area contributed by atoms with Gasteiger partial charge >= 0.3 is 0 Å². The van der Waals surface area contributed by atoms with Crippen molar-refractivity contribution in [1.82, 2.24) is 0 Å². The lowest BCUT2D eigenvalue weighted by Gasteiger charge is -2.08. The number of carbonyl (C=O) groups excluding carboxylic acids is 1. The molecule has 0 fully saturated rings. The van der Waals surface area contributed by atoms with Crippen LogP contribution in [0.25, 0.3) is 0 Å². The maximum absolute atomic E-state index is 12.2. The molecule has 0 heterocycles. The molecule has 7 nitrogen and oxygen atoms in total. The third kappa shape index (κ3) is 4.92. The number of amides is 1. The van der Waals surface area contributed by atoms with Crippen LogP contribution >= 0.6 is 0 Å². The second-order valence-electron chi connectivity index (χ2n) is 5.66. The summed E-state index contributed by atoms with van der Waals surface area (Å²) in [4.78, 5) is 12.1. The molecule has 0 radical (unpaired) electrons. The molecular formula is C18H18N4O3S. The number of nitrogens with zero attached hydrogens (tertiary/aromatic N) is 1. The lowest BCUT2D eigenvalue weighted by molar-refractivity contribution is -0.112. The Balaban J connectivity index is 2.13. The number of aryl methyl sites for hydroxylation is 2. The van der Waals surface area contributed by atoms with Crippen molar-refractivity contribution in [3.8, 4) is 6.07 Å². The highest BCUT2D eigenvalue weighted by Crippen LogP contribution is 2.17. The van der Waals surface area contributed by atoms with Gasteiger partial charge in [0.1, 0.15) is 11.6 Å². The van der Waals surface area contributed by atoms with Crippen LogP contribution in [-0.4, -0.2) is 14.3 Å². The molecule has 2 aromatic rings. The van der Waals surface area contributed by atoms with Gasteiger partial charge in [0.2, 0.25) is 10.0 Å². The first-order valence-electron chi connectivity index (χ1n) is 7.59. The minimum absolute atomic E-state index is 0.0665. The Hall–Kier alpha value is -3.15. The molecule has 0 bridgehead atoms. The molecule has 26 heavy (non-hydrogen) atoms. The molecule has 2 rings (SSSR count). The van der Waals surface area contributed by atoms with Crippen LogP contribution in [0.15, 0.2) is 59.1 Å². The van der Waals surface area contributed by atoms with E-state index in [1.54, 1.807) is 0 Å². The number of nitrogens with two attached hydrogens (primary N) is 1. The molecule has 0 aliphatic carbocycles. The number of nitrogens with one attached hydrogen (secondary N) is 2. The maximum atomic E-state index is 12.2. The minimum atomic E-state index is -3.80. The Morgan fingerprint density at radius 1 is 1.15 bits per heavy atom. The summed E-state index contributed by atoms with van der Waals surface area (Å²) in [7, 11) is -3.80. The second kappa shape index (κ2) is 7.82. The third-order valence-electron chi connectivity index (χ3n) is 3.57. The molecule has 0 aliphatic heterocycles. The third-order valence-corrected chi connectivity index (χ3v) is 4.50. The van der Waals surface area contributed by atoms with Crippen molar-refractivity contribution in [1.29, 1.82) is 5.26 Å². The van der Waals surface area contributed by atoms with Crippen LogP contribution in [0.4, 0.5) is 11.4 Å². The number of nitriles is 1. The Morgan fingerprint density at radius 2 is 1.81 bits per heavy atom. The first-order chi connectivity index (χ1) is 12.2. The smallest absolute Gasteiger partial charge is 0.267 e. The molecule has 4 N–H and O–H groups in total. The molecule has 0 saturated carbocycles. The zero-order chi connectivity index (χ0) is 19.3. The molecule has 0 aromatic heterocycles. The SMILES string of the molecule is Cc1ccc(C)c(N/C=C(/C#N)C(=O)Nc2ccc(S(N)(=O)=O)cc2)c1. The van der Waals surface area contributed by atoms with Gasteiger partial charge < -0.3 is 10.6 Å². The highest BCUT2D eigenvalue weighted by Gasteiger charge is 2.11. The van der Waals surface area contributed by atoms with E-state index in [4.69, 9.17) is 5.14 Å². The van der Waals surface area contributed by atoms with Gasteiger partial charge in [-0.2, -0.15) is 5.26 Å². The summed E-state index contributed by atoms with van der Waals surface area (Å²) < 4.78 is 22.4. The molecule has 2 aromatic carbocycles. The second-order valence-corrected chi connectivity index (χ2v) is 7.22. The van der Waals surface area contributed by atoms with E-state index < -0.39 is 15.9 Å². The summed E-state index contributed by atoms with van der Waals surface area (Å²) in [6, 6.07) is 13.0. The summed E-state index contributed by atoms with van der Waals surface area (Å²) in [6.45, 7) is 3.85. The summed E-state index contributed by atoms with van der Waals surface area (Å²) in [5.74, 6) is -0.617. The number of hydrogen-bond donors (Lipinski definition) is 3. The van der Waals surface area contributed by atoms with Crippen molar-refractivity contribution in [2.24, 2.45) is 5.14 Å². The van der Waals surface area contributed by atoms with E-state index in [1.807, 2.05) is 38.1 Å². The normalized spacial score (nSPS) is 11.5. The van der Waals surface area contributed by atoms with Crippen molar-refractivity contribution < 1.29 is 13.2 Å². The summed E-state index contributed by atoms with van der Waals surface area (Å²) in [5, 5.41) is 19.7. The predicted octanol–water partition coefficient (Wildman–Crippen LogP) is 2.41. The summed E-state index contributed by atoms with van der Waals surface area (Å²) in [5.41, 5.74) is 3.03. The zero-order valence-electron chi connectivity index (χ0n) is 14.3. The maximum Gasteiger partial charge on any atom is 0.267 e. The zero-order valence-corrected chi connectivity index (χ0v) is 15.1. The van der Waals surface area contributed by atoms with E-state index in [0.717, 1.165) is 16.8 Å². The Kier molecular flexibility index (Phi) is 5.77. The van der Waals surface area contributed by atoms with Gasteiger partial charge in [0.15, 0.2) is 0 Å². The standard InChI is InChI=1S/C18H18N4O3S/c1-12-3-4-13(2)17(9-12)21-11-14(10-19)18(23)22-15-5-7-16(8-6-15)26(20,24)25/h3-9,11,21H,1-2H3,(H,22,23)(H2,20,24,25)/b14-11-. The molecule has 134 valence electrons. The molecule has 0 aliphatic rings. The summed E-state index contributed by atoms with van der Waals surface area (Å²) >= 11 is 0. The van der Waals surface area contributed by atoms with Crippen LogP contribution in [0.2, 0.25) is 0 Å². The molecule has 0 atom stereocenters. The largest absolute Gasteiger partial charge is 0.360 e. The Bertz CT molecular complexity index is 1000. The molecule has 0 saturated heterocycles. The number of sulfonamides is 1. The quantitative estimate of drug-likeness (QED) is 0.550. The van der Waals surface area contributed by atoms with Crippen LogP contribution in [0.5, 0.6) is 0 Å². The number of primary sulfonamides is 1. The average molecular weight is 370 g/mol. The number of rotatable bonds is 5. The monoisotopic (exact) mass is 370 g/mol. The fourth-order valence-electron chi connectivity index (χ4n) is 2.12. The number of carbonyl (C=O) groups is 1. The number of anilines is 2. The summed E-state index contributed by atoms with van der Waals surface area (Å²) in [6.07, 6.45) is 1.33. The van der Waals surface area contributed by atoms with E-state index in [2.05, 4.69) is 10.6 Å². The van der Waals surface area contributed by atoms with Gasteiger partial charge in [-0.25, -0.2) is 13.6 Å². The van der Waals surface area contributed by atoms with Gasteiger partial charge in [0.25, 0.3) is 5.91 Å². The fourth-order valence-corrected chi connectivity index (χ4v) is 2.63. The van der Waals surface area contributed by atoms with Gasteiger partial charge in [-0.15, -0.1) is 0 Å². The van der Waals surface area contributed by atoms with Crippen LogP contribution in [0.1, 0.15) is 11.1 Å². The van der Waals surface area contributed by atoms with Crippen molar-refractivity contribution in [3.63, 3.8) is 0 Å². The molecule has 8 heteroatoms. The van der Waals surface area contributed by atoms with Crippen LogP contribution in [0.3, 0.4) is 0 Å². The lowest BCUT2D eigenvalue weighted by Crippen LogP contribution is -2.15. The van der Waals surface area contributed by atoms with Crippen LogP contribution in [-0.2, 0) is 14.8 Å². The van der Waals surface area contributed by atoms with E-state index >= 15 is 0 Å². The van der Waals surface area contributed by atoms with Crippen molar-refractivity contribution in [2.45, 2.75) is 18.7 Å². The van der Waals surface area contributed by atoms with E-state index in [9.17, 15) is 18.5 Å². The van der Waals surface area contributed by atoms with Gasteiger partial charge in [0, 0.05) is 17.6 Å². The molecule has 0 unspecified atom stereocenters. The molecule has 0 spiro atoms. The number of benzene rings is 2. The van der Waals surface area contributed by atoms with Gasteiger partial charge in [-0.3, -0.25) is 4.79 Å². The van der Waals surface area contributed by atoms with Gasteiger partial charge in [-0.05, 0) is 55.3 Å². The fraction of sp³-hybridized carbons (Fsp3) is 0.111. The predicted molar refractivity (Wildman–Crippen MR) is 99.7 cm³/mol. The van der Waals surface area contributed by atoms with Crippen LogP contribution in [0, 0.1) is 25.2 Å². The molecule has 1 amide bonds. The van der Waals surface area contributed by atoms with E-state index in [1.165, 1.54) is 30.5 Å². The van der Waals surface area contributed by atoms with Crippen molar-refractivity contribution >= 4 is 27.3 Å². The first-order valence-corrected chi connectivity index (χ1v) is 9.13. The molecular weight excluding hydrogens is 352 g/mol. The average Bonchev–Trinajstić information content (AvgIpc) is 2.58. The highest BCUT2D eigenvalue weighted by atomic mass is 32.2. The minimum Gasteiger partial charge on any atom is -0.360 e. The Labute approximate surface area is 152 Å². The van der Waals surface area contributed by atoms with Crippen LogP contribution < -0.4 is 15.8 Å². The van der Waals surface area contributed by atoms with Gasteiger partial charge in [0.05, 0.1) is 4.90 Å². The van der Waals surface area contributed by atoms with E-state index in [-0.39, 0.29) is 10.5 Å². The first kappa shape index (κ1) is 19.2.